The molecule has 0 saturated carbocycles. The number of hydrogen-bond donors (Lipinski definition) is 0. The molecule has 1 spiro atoms. The van der Waals surface area contributed by atoms with Crippen LogP contribution in [0.4, 0.5) is 5.69 Å². The van der Waals surface area contributed by atoms with Gasteiger partial charge < -0.3 is 14.4 Å². The van der Waals surface area contributed by atoms with Crippen LogP contribution in [0.3, 0.4) is 0 Å². The number of fused-ring (bicyclic) bond motifs is 13. The Morgan fingerprint density at radius 1 is 0.706 bits per heavy atom. The van der Waals surface area contributed by atoms with Crippen molar-refractivity contribution in [1.82, 2.24) is 0 Å². The van der Waals surface area contributed by atoms with Gasteiger partial charge in [0.1, 0.15) is 0 Å². The van der Waals surface area contributed by atoms with Crippen molar-refractivity contribution in [2.75, 3.05) is 4.90 Å². The first-order chi connectivity index (χ1) is 25.1. The molecule has 9 rings (SSSR count). The molecule has 3 nitrogen and oxygen atoms in total. The van der Waals surface area contributed by atoms with E-state index >= 15 is 0 Å². The molecule has 0 unspecified atom stereocenters. The smallest absolute Gasteiger partial charge is 0.178 e. The third-order valence-corrected chi connectivity index (χ3v) is 10.2. The van der Waals surface area contributed by atoms with Gasteiger partial charge in [-0.15, -0.1) is 0 Å². The molecule has 0 saturated heterocycles. The van der Waals surface area contributed by atoms with E-state index in [-0.39, 0.29) is 0 Å². The van der Waals surface area contributed by atoms with E-state index in [9.17, 15) is 0 Å². The summed E-state index contributed by atoms with van der Waals surface area (Å²) in [6.07, 6.45) is 20.9. The Bertz CT molecular complexity index is 2420. The maximum atomic E-state index is 7.02. The van der Waals surface area contributed by atoms with Crippen LogP contribution in [0.2, 0.25) is 0 Å². The lowest BCUT2D eigenvalue weighted by Gasteiger charge is -2.31. The van der Waals surface area contributed by atoms with Gasteiger partial charge in [-0.25, -0.2) is 0 Å². The monoisotopic (exact) mass is 657 g/mol. The minimum atomic E-state index is -0.464. The highest BCUT2D eigenvalue weighted by molar-refractivity contribution is 5.97. The van der Waals surface area contributed by atoms with Gasteiger partial charge in [0.25, 0.3) is 0 Å². The summed E-state index contributed by atoms with van der Waals surface area (Å²) in [6, 6.07) is 36.8. The summed E-state index contributed by atoms with van der Waals surface area (Å²) >= 11 is 0. The third-order valence-electron chi connectivity index (χ3n) is 10.2. The van der Waals surface area contributed by atoms with Crippen LogP contribution >= 0.6 is 0 Å². The van der Waals surface area contributed by atoms with Gasteiger partial charge in [0.15, 0.2) is 23.0 Å². The summed E-state index contributed by atoms with van der Waals surface area (Å²) < 4.78 is 13.7. The van der Waals surface area contributed by atoms with E-state index in [1.165, 1.54) is 33.4 Å². The van der Waals surface area contributed by atoms with Crippen molar-refractivity contribution in [2.45, 2.75) is 11.8 Å². The standard InChI is InChI=1S/C48H35NO2/c1-4-6-17-32(3)30-33(5-2)49(34-18-9-7-8-10-19-34)35-26-28-43-45(31-35)51-47-44(50-43)29-27-42-46(47)38-22-13-16-25-41(38)48(42)39-23-14-11-20-36(39)37-21-12-15-24-40(37)48/h4-7,9-31H,1-3,8H2/b17-6+,33-30+. The molecule has 51 heavy (non-hydrogen) atoms. The van der Waals surface area contributed by atoms with Crippen LogP contribution in [0, 0.1) is 0 Å². The summed E-state index contributed by atoms with van der Waals surface area (Å²) in [5, 5.41) is 0. The second-order valence-corrected chi connectivity index (χ2v) is 13.0. The Balaban J connectivity index is 1.21. The zero-order valence-corrected chi connectivity index (χ0v) is 28.2. The van der Waals surface area contributed by atoms with Crippen molar-refractivity contribution < 1.29 is 9.47 Å². The number of hydrogen-bond acceptors (Lipinski definition) is 3. The highest BCUT2D eigenvalue weighted by Crippen LogP contribution is 2.66. The SMILES string of the molecule is C=C/C=C/C(=C)/C=C(\C=C)N(C1=CC=CCC=C1)c1ccc2c(c1)Oc1c(ccc3c1-c1ccccc1C31c3ccccc3-c3ccccc31)O2. The number of nitrogens with zero attached hydrogens (tertiary/aromatic N) is 1. The molecule has 5 aromatic rings. The molecule has 3 heteroatoms. The fourth-order valence-corrected chi connectivity index (χ4v) is 8.15. The molecule has 0 radical (unpaired) electrons. The van der Waals surface area contributed by atoms with Crippen LogP contribution in [0.1, 0.15) is 28.7 Å². The van der Waals surface area contributed by atoms with Crippen LogP contribution < -0.4 is 14.4 Å². The van der Waals surface area contributed by atoms with Crippen molar-refractivity contribution in [1.29, 1.82) is 0 Å². The predicted molar refractivity (Wildman–Crippen MR) is 210 cm³/mol. The number of anilines is 1. The number of benzene rings is 5. The molecule has 1 aliphatic heterocycles. The van der Waals surface area contributed by atoms with E-state index in [4.69, 9.17) is 9.47 Å². The first kappa shape index (κ1) is 30.5. The van der Waals surface area contributed by atoms with Gasteiger partial charge in [0.2, 0.25) is 0 Å². The first-order valence-corrected chi connectivity index (χ1v) is 17.3. The van der Waals surface area contributed by atoms with Gasteiger partial charge in [-0.2, -0.15) is 0 Å². The molecule has 0 fully saturated rings. The molecular weight excluding hydrogens is 623 g/mol. The molecule has 4 aliphatic rings. The van der Waals surface area contributed by atoms with Gasteiger partial charge in [-0.1, -0.05) is 135 Å². The molecule has 0 aromatic heterocycles. The average Bonchev–Trinajstić information content (AvgIpc) is 3.47. The van der Waals surface area contributed by atoms with E-state index in [0.29, 0.717) is 17.2 Å². The third kappa shape index (κ3) is 4.59. The van der Waals surface area contributed by atoms with Crippen molar-refractivity contribution in [3.05, 3.63) is 223 Å². The van der Waals surface area contributed by atoms with Gasteiger partial charge >= 0.3 is 0 Å². The van der Waals surface area contributed by atoms with Gasteiger partial charge in [-0.3, -0.25) is 0 Å². The lowest BCUT2D eigenvalue weighted by atomic mass is 9.70. The Kier molecular flexibility index (Phi) is 7.22. The van der Waals surface area contributed by atoms with Crippen LogP contribution in [0.15, 0.2) is 201 Å². The molecule has 0 N–H and O–H groups in total. The van der Waals surface area contributed by atoms with Crippen molar-refractivity contribution in [3.8, 4) is 45.3 Å². The summed E-state index contributed by atoms with van der Waals surface area (Å²) in [5.74, 6) is 2.74. The maximum Gasteiger partial charge on any atom is 0.178 e. The summed E-state index contributed by atoms with van der Waals surface area (Å²) in [4.78, 5) is 2.16. The van der Waals surface area contributed by atoms with Crippen LogP contribution in [-0.2, 0) is 5.41 Å². The first-order valence-electron chi connectivity index (χ1n) is 17.3. The second-order valence-electron chi connectivity index (χ2n) is 13.0. The number of rotatable bonds is 7. The average molecular weight is 658 g/mol. The molecule has 5 aromatic carbocycles. The normalized spacial score (nSPS) is 15.3. The Morgan fingerprint density at radius 2 is 1.39 bits per heavy atom. The second kappa shape index (κ2) is 12.1. The Labute approximate surface area is 299 Å². The number of ether oxygens (including phenoxy) is 2. The lowest BCUT2D eigenvalue weighted by Crippen LogP contribution is -2.25. The quantitative estimate of drug-likeness (QED) is 0.159. The molecule has 1 heterocycles. The minimum Gasteiger partial charge on any atom is -0.449 e. The zero-order chi connectivity index (χ0) is 34.5. The van der Waals surface area contributed by atoms with E-state index in [2.05, 4.69) is 152 Å². The molecule has 0 amide bonds. The van der Waals surface area contributed by atoms with Crippen molar-refractivity contribution >= 4 is 5.69 Å². The van der Waals surface area contributed by atoms with Crippen molar-refractivity contribution in [3.63, 3.8) is 0 Å². The summed E-state index contributed by atoms with van der Waals surface area (Å²) in [6.45, 7) is 12.2. The molecule has 3 aliphatic carbocycles. The maximum absolute atomic E-state index is 7.02. The molecular formula is C48H35NO2. The van der Waals surface area contributed by atoms with E-state index in [1.54, 1.807) is 6.08 Å². The van der Waals surface area contributed by atoms with E-state index in [1.807, 2.05) is 30.4 Å². The Hall–Kier alpha value is -6.58. The summed E-state index contributed by atoms with van der Waals surface area (Å²) in [5.41, 5.74) is 12.9. The largest absolute Gasteiger partial charge is 0.449 e. The van der Waals surface area contributed by atoms with Crippen LogP contribution in [0.5, 0.6) is 23.0 Å². The molecule has 0 bridgehead atoms. The van der Waals surface area contributed by atoms with Crippen LogP contribution in [-0.4, -0.2) is 0 Å². The Morgan fingerprint density at radius 3 is 2.12 bits per heavy atom. The van der Waals surface area contributed by atoms with E-state index < -0.39 is 5.41 Å². The fourth-order valence-electron chi connectivity index (χ4n) is 8.15. The topological polar surface area (TPSA) is 21.7 Å². The van der Waals surface area contributed by atoms with E-state index in [0.717, 1.165) is 46.0 Å². The van der Waals surface area contributed by atoms with Crippen LogP contribution in [0.25, 0.3) is 22.3 Å². The highest BCUT2D eigenvalue weighted by Gasteiger charge is 2.53. The summed E-state index contributed by atoms with van der Waals surface area (Å²) in [7, 11) is 0. The molecule has 0 atom stereocenters. The fraction of sp³-hybridized carbons (Fsp3) is 0.0417. The predicted octanol–water partition coefficient (Wildman–Crippen LogP) is 12.5. The number of allylic oxidation sites excluding steroid dienone is 11. The molecule has 244 valence electrons. The van der Waals surface area contributed by atoms with Gasteiger partial charge in [0.05, 0.1) is 11.1 Å². The highest BCUT2D eigenvalue weighted by atomic mass is 16.6. The lowest BCUT2D eigenvalue weighted by molar-refractivity contribution is 0.360. The minimum absolute atomic E-state index is 0.464. The zero-order valence-electron chi connectivity index (χ0n) is 28.2. The van der Waals surface area contributed by atoms with Crippen molar-refractivity contribution in [2.24, 2.45) is 0 Å². The van der Waals surface area contributed by atoms with Gasteiger partial charge in [-0.05, 0) is 93.4 Å². The van der Waals surface area contributed by atoms with Gasteiger partial charge in [0, 0.05) is 23.0 Å².